The summed E-state index contributed by atoms with van der Waals surface area (Å²) in [6.07, 6.45) is 7.81. The summed E-state index contributed by atoms with van der Waals surface area (Å²) < 4.78 is 11.3. The molecule has 1 N–H and O–H groups in total. The monoisotopic (exact) mass is 333 g/mol. The van der Waals surface area contributed by atoms with E-state index in [-0.39, 0.29) is 24.4 Å². The number of amides is 1. The number of para-hydroxylation sites is 2. The number of nitrogens with zero attached hydrogens (tertiary/aromatic N) is 1. The number of hydrogen-bond acceptors (Lipinski definition) is 4. The molecule has 3 rings (SSSR count). The Kier molecular flexibility index (Phi) is 5.96. The first-order valence-electron chi connectivity index (χ1n) is 9.02. The molecule has 0 radical (unpaired) electrons. The van der Waals surface area contributed by atoms with Crippen molar-refractivity contribution in [2.45, 2.75) is 44.6 Å². The van der Waals surface area contributed by atoms with Crippen molar-refractivity contribution in [2.24, 2.45) is 5.92 Å². The van der Waals surface area contributed by atoms with Crippen LogP contribution in [0.1, 0.15) is 38.5 Å². The van der Waals surface area contributed by atoms with E-state index in [0.29, 0.717) is 25.4 Å². The van der Waals surface area contributed by atoms with Crippen molar-refractivity contribution in [3.63, 3.8) is 0 Å². The predicted molar refractivity (Wildman–Crippen MR) is 91.1 cm³/mol. The van der Waals surface area contributed by atoms with Crippen LogP contribution in [0.2, 0.25) is 0 Å². The molecular weight excluding hydrogens is 306 g/mol. The summed E-state index contributed by atoms with van der Waals surface area (Å²) in [6, 6.07) is 6.71. The highest BCUT2D eigenvalue weighted by Crippen LogP contribution is 2.29. The van der Waals surface area contributed by atoms with Crippen molar-refractivity contribution in [3.8, 4) is 11.5 Å². The summed E-state index contributed by atoms with van der Waals surface area (Å²) in [5.41, 5.74) is 0. The lowest BCUT2D eigenvalue weighted by atomic mass is 9.85. The molecule has 0 bridgehead atoms. The Bertz CT molecular complexity index is 542. The lowest BCUT2D eigenvalue weighted by molar-refractivity contribution is -0.141. The van der Waals surface area contributed by atoms with Crippen LogP contribution in [-0.2, 0) is 9.53 Å². The molecule has 0 aromatic heterocycles. The van der Waals surface area contributed by atoms with Crippen LogP contribution in [0.25, 0.3) is 0 Å². The number of phenolic OH excluding ortho intramolecular Hbond substituents is 1. The lowest BCUT2D eigenvalue weighted by Gasteiger charge is -2.35. The maximum absolute atomic E-state index is 12.4. The zero-order valence-electron chi connectivity index (χ0n) is 14.2. The number of aromatic hydroxyl groups is 1. The van der Waals surface area contributed by atoms with E-state index in [1.165, 1.54) is 32.1 Å². The largest absolute Gasteiger partial charge is 0.504 e. The van der Waals surface area contributed by atoms with E-state index in [4.69, 9.17) is 9.47 Å². The molecule has 1 aromatic rings. The van der Waals surface area contributed by atoms with Gasteiger partial charge in [0.2, 0.25) is 0 Å². The summed E-state index contributed by atoms with van der Waals surface area (Å²) in [5.74, 6) is 1.10. The van der Waals surface area contributed by atoms with Crippen LogP contribution in [-0.4, -0.2) is 48.3 Å². The van der Waals surface area contributed by atoms with Gasteiger partial charge in [-0.1, -0.05) is 44.2 Å². The number of carbonyl (C=O) groups excluding carboxylic acids is 1. The molecule has 1 amide bonds. The van der Waals surface area contributed by atoms with Crippen LogP contribution in [0.15, 0.2) is 24.3 Å². The van der Waals surface area contributed by atoms with Crippen molar-refractivity contribution in [1.82, 2.24) is 4.90 Å². The van der Waals surface area contributed by atoms with Crippen LogP contribution >= 0.6 is 0 Å². The van der Waals surface area contributed by atoms with Crippen molar-refractivity contribution in [2.75, 3.05) is 26.3 Å². The van der Waals surface area contributed by atoms with Gasteiger partial charge in [0.15, 0.2) is 18.1 Å². The second kappa shape index (κ2) is 8.38. The SMILES string of the molecule is O=C(COc1ccccc1O)N1CCOC(CC2CCCCC2)C1. The summed E-state index contributed by atoms with van der Waals surface area (Å²) in [4.78, 5) is 14.2. The van der Waals surface area contributed by atoms with E-state index in [9.17, 15) is 9.90 Å². The molecule has 24 heavy (non-hydrogen) atoms. The summed E-state index contributed by atoms with van der Waals surface area (Å²) >= 11 is 0. The third-order valence-electron chi connectivity index (χ3n) is 5.03. The smallest absolute Gasteiger partial charge is 0.260 e. The van der Waals surface area contributed by atoms with Crippen molar-refractivity contribution < 1.29 is 19.4 Å². The molecule has 1 heterocycles. The van der Waals surface area contributed by atoms with Crippen LogP contribution in [0.5, 0.6) is 11.5 Å². The maximum Gasteiger partial charge on any atom is 0.260 e. The first-order chi connectivity index (χ1) is 11.7. The van der Waals surface area contributed by atoms with E-state index in [2.05, 4.69) is 0 Å². The third kappa shape index (κ3) is 4.63. The normalized spacial score (nSPS) is 22.3. The lowest BCUT2D eigenvalue weighted by Crippen LogP contribution is -2.47. The van der Waals surface area contributed by atoms with Gasteiger partial charge < -0.3 is 19.5 Å². The Balaban J connectivity index is 1.46. The molecular formula is C19H27NO4. The number of ether oxygens (including phenoxy) is 2. The topological polar surface area (TPSA) is 59.0 Å². The average molecular weight is 333 g/mol. The van der Waals surface area contributed by atoms with E-state index in [0.717, 1.165) is 12.3 Å². The van der Waals surface area contributed by atoms with Crippen molar-refractivity contribution in [1.29, 1.82) is 0 Å². The quantitative estimate of drug-likeness (QED) is 0.900. The number of hydrogen-bond donors (Lipinski definition) is 1. The number of rotatable bonds is 5. The Morgan fingerprint density at radius 3 is 2.83 bits per heavy atom. The molecule has 2 aliphatic rings. The fourth-order valence-corrected chi connectivity index (χ4v) is 3.69. The van der Waals surface area contributed by atoms with Gasteiger partial charge in [0.05, 0.1) is 12.7 Å². The first kappa shape index (κ1) is 17.1. The van der Waals surface area contributed by atoms with Gasteiger partial charge in [-0.3, -0.25) is 4.79 Å². The van der Waals surface area contributed by atoms with Gasteiger partial charge in [0, 0.05) is 13.1 Å². The minimum Gasteiger partial charge on any atom is -0.504 e. The molecule has 1 aromatic carbocycles. The molecule has 132 valence electrons. The highest BCUT2D eigenvalue weighted by Gasteiger charge is 2.27. The minimum absolute atomic E-state index is 0.0461. The van der Waals surface area contributed by atoms with Crippen LogP contribution in [0, 0.1) is 5.92 Å². The van der Waals surface area contributed by atoms with Gasteiger partial charge in [-0.15, -0.1) is 0 Å². The molecule has 1 atom stereocenters. The summed E-state index contributed by atoms with van der Waals surface area (Å²) in [5, 5.41) is 9.69. The zero-order chi connectivity index (χ0) is 16.8. The van der Waals surface area contributed by atoms with Gasteiger partial charge in [-0.05, 0) is 24.5 Å². The van der Waals surface area contributed by atoms with Gasteiger partial charge in [0.25, 0.3) is 5.91 Å². The molecule has 1 unspecified atom stereocenters. The van der Waals surface area contributed by atoms with E-state index in [1.807, 2.05) is 4.90 Å². The zero-order valence-corrected chi connectivity index (χ0v) is 14.2. The van der Waals surface area contributed by atoms with Gasteiger partial charge in [0.1, 0.15) is 0 Å². The molecule has 1 saturated heterocycles. The molecule has 1 aliphatic carbocycles. The van der Waals surface area contributed by atoms with E-state index in [1.54, 1.807) is 24.3 Å². The number of morpholine rings is 1. The second-order valence-electron chi connectivity index (χ2n) is 6.83. The van der Waals surface area contributed by atoms with E-state index >= 15 is 0 Å². The third-order valence-corrected chi connectivity index (χ3v) is 5.03. The standard InChI is InChI=1S/C19H27NO4/c21-17-8-4-5-9-18(17)24-14-19(22)20-10-11-23-16(13-20)12-15-6-2-1-3-7-15/h4-5,8-9,15-16,21H,1-3,6-7,10-14H2. The summed E-state index contributed by atoms with van der Waals surface area (Å²) in [7, 11) is 0. The minimum atomic E-state index is -0.0479. The Labute approximate surface area is 143 Å². The highest BCUT2D eigenvalue weighted by molar-refractivity contribution is 5.78. The fraction of sp³-hybridized carbons (Fsp3) is 0.632. The molecule has 0 spiro atoms. The van der Waals surface area contributed by atoms with Crippen LogP contribution in [0.3, 0.4) is 0 Å². The van der Waals surface area contributed by atoms with Crippen molar-refractivity contribution >= 4 is 5.91 Å². The van der Waals surface area contributed by atoms with Gasteiger partial charge in [-0.25, -0.2) is 0 Å². The number of phenols is 1. The number of benzene rings is 1. The van der Waals surface area contributed by atoms with Crippen molar-refractivity contribution in [3.05, 3.63) is 24.3 Å². The fourth-order valence-electron chi connectivity index (χ4n) is 3.69. The van der Waals surface area contributed by atoms with Crippen LogP contribution < -0.4 is 4.74 Å². The Morgan fingerprint density at radius 2 is 2.04 bits per heavy atom. The van der Waals surface area contributed by atoms with Gasteiger partial charge >= 0.3 is 0 Å². The summed E-state index contributed by atoms with van der Waals surface area (Å²) in [6.45, 7) is 1.82. The molecule has 5 heteroatoms. The Morgan fingerprint density at radius 1 is 1.25 bits per heavy atom. The second-order valence-corrected chi connectivity index (χ2v) is 6.83. The Hall–Kier alpha value is -1.75. The maximum atomic E-state index is 12.4. The number of carbonyl (C=O) groups is 1. The first-order valence-corrected chi connectivity index (χ1v) is 9.02. The molecule has 1 saturated carbocycles. The molecule has 1 aliphatic heterocycles. The molecule has 2 fully saturated rings. The van der Waals surface area contributed by atoms with Gasteiger partial charge in [-0.2, -0.15) is 0 Å². The highest BCUT2D eigenvalue weighted by atomic mass is 16.5. The molecule has 5 nitrogen and oxygen atoms in total. The van der Waals surface area contributed by atoms with Crippen LogP contribution in [0.4, 0.5) is 0 Å². The van der Waals surface area contributed by atoms with E-state index < -0.39 is 0 Å². The predicted octanol–water partition coefficient (Wildman–Crippen LogP) is 2.97. The average Bonchev–Trinajstić information content (AvgIpc) is 2.62.